The minimum absolute atomic E-state index is 0.0989. The lowest BCUT2D eigenvalue weighted by Crippen LogP contribution is -2.60. The highest BCUT2D eigenvalue weighted by Crippen LogP contribution is 2.22. The fraction of sp³-hybridized carbons (Fsp3) is 0.600. The molecule has 0 radical (unpaired) electrons. The first kappa shape index (κ1) is 13.1. The van der Waals surface area contributed by atoms with E-state index in [0.717, 1.165) is 0 Å². The predicted molar refractivity (Wildman–Crippen MR) is 56.4 cm³/mol. The molecule has 2 rings (SSSR count). The molecule has 0 aromatic carbocycles. The Kier molecular flexibility index (Phi) is 4.04. The van der Waals surface area contributed by atoms with E-state index in [4.69, 9.17) is 14.6 Å². The molecule has 1 aromatic heterocycles. The number of rotatable bonds is 3. The molecule has 8 heteroatoms. The summed E-state index contributed by atoms with van der Waals surface area (Å²) < 4.78 is 10.3. The molecule has 1 aliphatic heterocycles. The van der Waals surface area contributed by atoms with Crippen LogP contribution in [0.5, 0.6) is 5.88 Å². The van der Waals surface area contributed by atoms with E-state index >= 15 is 0 Å². The van der Waals surface area contributed by atoms with Gasteiger partial charge in [0.25, 0.3) is 0 Å². The average Bonchev–Trinajstić information content (AvgIpc) is 2.40. The Balaban J connectivity index is 2.08. The van der Waals surface area contributed by atoms with Crippen molar-refractivity contribution in [3.63, 3.8) is 0 Å². The first-order chi connectivity index (χ1) is 8.63. The predicted octanol–water partition coefficient (Wildman–Crippen LogP) is -2.34. The van der Waals surface area contributed by atoms with E-state index in [9.17, 15) is 15.3 Å². The van der Waals surface area contributed by atoms with Crippen molar-refractivity contribution >= 4 is 0 Å². The maximum Gasteiger partial charge on any atom is 0.234 e. The van der Waals surface area contributed by atoms with E-state index in [1.165, 1.54) is 18.6 Å². The molecule has 100 valence electrons. The highest BCUT2D eigenvalue weighted by Gasteiger charge is 2.44. The summed E-state index contributed by atoms with van der Waals surface area (Å²) in [5.74, 6) is 0.0989. The molecule has 5 atom stereocenters. The largest absolute Gasteiger partial charge is 0.444 e. The molecule has 18 heavy (non-hydrogen) atoms. The normalized spacial score (nSPS) is 36.3. The summed E-state index contributed by atoms with van der Waals surface area (Å²) in [5.41, 5.74) is 0. The number of nitrogens with zero attached hydrogens (tertiary/aromatic N) is 2. The number of hydrogen-bond donors (Lipinski definition) is 4. The van der Waals surface area contributed by atoms with E-state index in [2.05, 4.69) is 9.97 Å². The third-order valence-electron chi connectivity index (χ3n) is 2.62. The van der Waals surface area contributed by atoms with Crippen molar-refractivity contribution in [2.75, 3.05) is 6.61 Å². The van der Waals surface area contributed by atoms with Gasteiger partial charge in [0.15, 0.2) is 0 Å². The van der Waals surface area contributed by atoms with Crippen LogP contribution in [0.2, 0.25) is 0 Å². The quantitative estimate of drug-likeness (QED) is 0.475. The van der Waals surface area contributed by atoms with Gasteiger partial charge in [-0.05, 0) is 0 Å². The monoisotopic (exact) mass is 258 g/mol. The maximum absolute atomic E-state index is 9.69. The molecule has 1 saturated heterocycles. The summed E-state index contributed by atoms with van der Waals surface area (Å²) in [4.78, 5) is 7.58. The molecule has 2 heterocycles. The Labute approximate surface area is 102 Å². The molecule has 8 nitrogen and oxygen atoms in total. The third kappa shape index (κ3) is 2.57. The van der Waals surface area contributed by atoms with Crippen LogP contribution in [0.15, 0.2) is 18.6 Å². The minimum Gasteiger partial charge on any atom is -0.444 e. The lowest BCUT2D eigenvalue weighted by atomic mass is 9.99. The zero-order valence-electron chi connectivity index (χ0n) is 9.33. The molecule has 0 aliphatic carbocycles. The van der Waals surface area contributed by atoms with Crippen LogP contribution in [0.25, 0.3) is 0 Å². The molecule has 1 fully saturated rings. The van der Waals surface area contributed by atoms with Crippen molar-refractivity contribution in [1.29, 1.82) is 0 Å². The minimum atomic E-state index is -1.47. The van der Waals surface area contributed by atoms with Crippen molar-refractivity contribution in [3.8, 4) is 5.88 Å². The summed E-state index contributed by atoms with van der Waals surface area (Å²) >= 11 is 0. The van der Waals surface area contributed by atoms with Gasteiger partial charge in [-0.15, -0.1) is 0 Å². The van der Waals surface area contributed by atoms with Gasteiger partial charge in [0.1, 0.15) is 24.4 Å². The number of ether oxygens (including phenoxy) is 2. The van der Waals surface area contributed by atoms with Gasteiger partial charge in [-0.2, -0.15) is 0 Å². The van der Waals surface area contributed by atoms with Crippen LogP contribution in [0.3, 0.4) is 0 Å². The van der Waals surface area contributed by atoms with Crippen LogP contribution in [0.1, 0.15) is 0 Å². The van der Waals surface area contributed by atoms with Crippen molar-refractivity contribution < 1.29 is 29.9 Å². The van der Waals surface area contributed by atoms with Crippen LogP contribution in [0, 0.1) is 0 Å². The molecule has 1 aliphatic rings. The second-order valence-corrected chi connectivity index (χ2v) is 3.86. The topological polar surface area (TPSA) is 125 Å². The Morgan fingerprint density at radius 3 is 2.56 bits per heavy atom. The molecule has 1 aromatic rings. The molecule has 0 unspecified atom stereocenters. The highest BCUT2D eigenvalue weighted by atomic mass is 16.7. The van der Waals surface area contributed by atoms with Crippen LogP contribution in [-0.4, -0.2) is 67.7 Å². The molecule has 0 amide bonds. The Morgan fingerprint density at radius 1 is 1.17 bits per heavy atom. The molecule has 0 saturated carbocycles. The summed E-state index contributed by atoms with van der Waals surface area (Å²) in [6.07, 6.45) is -2.45. The first-order valence-corrected chi connectivity index (χ1v) is 5.36. The Morgan fingerprint density at radius 2 is 1.94 bits per heavy atom. The lowest BCUT2D eigenvalue weighted by Gasteiger charge is -2.39. The first-order valence-electron chi connectivity index (χ1n) is 5.36. The summed E-state index contributed by atoms with van der Waals surface area (Å²) in [6, 6.07) is 0. The van der Waals surface area contributed by atoms with Crippen molar-refractivity contribution in [1.82, 2.24) is 9.97 Å². The third-order valence-corrected chi connectivity index (χ3v) is 2.62. The van der Waals surface area contributed by atoms with Crippen LogP contribution >= 0.6 is 0 Å². The van der Waals surface area contributed by atoms with Gasteiger partial charge in [-0.1, -0.05) is 0 Å². The molecule has 0 bridgehead atoms. The van der Waals surface area contributed by atoms with Crippen molar-refractivity contribution in [2.24, 2.45) is 0 Å². The fourth-order valence-corrected chi connectivity index (χ4v) is 1.63. The van der Waals surface area contributed by atoms with Gasteiger partial charge < -0.3 is 29.9 Å². The van der Waals surface area contributed by atoms with E-state index in [1.54, 1.807) is 0 Å². The average molecular weight is 258 g/mol. The van der Waals surface area contributed by atoms with Crippen LogP contribution < -0.4 is 4.74 Å². The van der Waals surface area contributed by atoms with Crippen molar-refractivity contribution in [3.05, 3.63) is 18.6 Å². The van der Waals surface area contributed by atoms with Gasteiger partial charge >= 0.3 is 0 Å². The number of aliphatic hydroxyl groups is 4. The standard InChI is InChI=1S/C10H14N2O6/c13-4-5-7(14)8(15)9(16)10(17-5)18-6-3-11-1-2-12-6/h1-3,5,7-10,13-16H,4H2/t5-,7-,8+,9-,10+/m1/s1. The number of aliphatic hydroxyl groups excluding tert-OH is 4. The maximum atomic E-state index is 9.69. The number of aromatic nitrogens is 2. The smallest absolute Gasteiger partial charge is 0.234 e. The van der Waals surface area contributed by atoms with E-state index in [-0.39, 0.29) is 5.88 Å². The molecular weight excluding hydrogens is 244 g/mol. The second kappa shape index (κ2) is 5.55. The number of hydrogen-bond acceptors (Lipinski definition) is 8. The molecule has 4 N–H and O–H groups in total. The highest BCUT2D eigenvalue weighted by molar-refractivity contribution is 5.03. The van der Waals surface area contributed by atoms with Crippen LogP contribution in [0.4, 0.5) is 0 Å². The zero-order chi connectivity index (χ0) is 13.1. The fourth-order valence-electron chi connectivity index (χ4n) is 1.63. The summed E-state index contributed by atoms with van der Waals surface area (Å²) in [7, 11) is 0. The SMILES string of the molecule is OC[C@H]1O[C@@H](Oc2cnccn2)[C@H](O)[C@@H](O)[C@@H]1O. The van der Waals surface area contributed by atoms with Crippen LogP contribution in [-0.2, 0) is 4.74 Å². The van der Waals surface area contributed by atoms with E-state index < -0.39 is 37.3 Å². The molecular formula is C10H14N2O6. The van der Waals surface area contributed by atoms with Crippen molar-refractivity contribution in [2.45, 2.75) is 30.7 Å². The van der Waals surface area contributed by atoms with Gasteiger partial charge in [0.05, 0.1) is 12.8 Å². The van der Waals surface area contributed by atoms with E-state index in [1.807, 2.05) is 0 Å². The summed E-state index contributed by atoms with van der Waals surface area (Å²) in [5, 5.41) is 37.8. The Bertz CT molecular complexity index is 376. The van der Waals surface area contributed by atoms with Gasteiger partial charge in [0.2, 0.25) is 12.2 Å². The summed E-state index contributed by atoms with van der Waals surface area (Å²) in [6.45, 7) is -0.509. The zero-order valence-corrected chi connectivity index (χ0v) is 9.33. The Hall–Kier alpha value is -1.32. The van der Waals surface area contributed by atoms with Gasteiger partial charge in [0, 0.05) is 12.4 Å². The lowest BCUT2D eigenvalue weighted by molar-refractivity contribution is -0.278. The van der Waals surface area contributed by atoms with E-state index in [0.29, 0.717) is 0 Å². The van der Waals surface area contributed by atoms with Gasteiger partial charge in [-0.25, -0.2) is 4.98 Å². The second-order valence-electron chi connectivity index (χ2n) is 3.86. The molecule has 0 spiro atoms. The van der Waals surface area contributed by atoms with Gasteiger partial charge in [-0.3, -0.25) is 4.98 Å².